The van der Waals surface area contributed by atoms with E-state index in [1.54, 1.807) is 62.4 Å². The van der Waals surface area contributed by atoms with Crippen molar-refractivity contribution in [3.8, 4) is 12.1 Å². The summed E-state index contributed by atoms with van der Waals surface area (Å²) < 4.78 is 84.1. The number of nitrogens with one attached hydrogen (secondary N) is 1. The van der Waals surface area contributed by atoms with Gasteiger partial charge in [0.25, 0.3) is 11.8 Å². The molecule has 5 aliphatic rings. The molecular weight excluding hydrogens is 955 g/mol. The summed E-state index contributed by atoms with van der Waals surface area (Å²) in [5.41, 5.74) is 1.00. The maximum Gasteiger partial charge on any atom is 0.416 e. The van der Waals surface area contributed by atoms with Crippen LogP contribution in [0.25, 0.3) is 0 Å². The summed E-state index contributed by atoms with van der Waals surface area (Å²) in [7, 11) is 0. The Bertz CT molecular complexity index is 2830. The zero-order chi connectivity index (χ0) is 51.9. The molecule has 4 aromatic carbocycles. The van der Waals surface area contributed by atoms with E-state index in [0.29, 0.717) is 67.1 Å². The zero-order valence-corrected chi connectivity index (χ0v) is 39.8. The number of hydrogen-bond donors (Lipinski definition) is 1. The highest BCUT2D eigenvalue weighted by Gasteiger charge is 2.50. The fourth-order valence-corrected chi connectivity index (χ4v) is 10.3. The van der Waals surface area contributed by atoms with Crippen LogP contribution in [-0.2, 0) is 21.9 Å². The van der Waals surface area contributed by atoms with Crippen LogP contribution in [0.4, 0.5) is 47.3 Å². The molecule has 5 aliphatic heterocycles. The van der Waals surface area contributed by atoms with Crippen molar-refractivity contribution in [2.24, 2.45) is 0 Å². The van der Waals surface area contributed by atoms with Gasteiger partial charge in [-0.15, -0.1) is 0 Å². The van der Waals surface area contributed by atoms with E-state index < -0.39 is 47.6 Å². The third kappa shape index (κ3) is 9.46. The van der Waals surface area contributed by atoms with Crippen LogP contribution in [0.15, 0.2) is 132 Å². The predicted octanol–water partition coefficient (Wildman–Crippen LogP) is 7.78. The normalized spacial score (nSPS) is 20.2. The third-order valence-corrected chi connectivity index (χ3v) is 13.9. The van der Waals surface area contributed by atoms with Crippen LogP contribution >= 0.6 is 0 Å². The number of hydrogen-bond acceptors (Lipinski definition) is 7. The standard InChI is InChI=1S/C53H48F6N10O4/c1-3-64-31-42-44(48(64)70)46(36-17-13-34(29-60)14-18-36)66(50(72)68(42)40-11-5-9-38(27-40)52(54,55)56)23-7-21-62-25-26-63(33-62)22-8-24-67-47(37-19-15-35(30-61)16-20-37)45-43(32-65(4-2)49(45)71)69(51(67)73)41-12-6-10-39(28-41)53(57,58)59/h5-6,9-20,25-28,46-47H,3-4,7-8,21-24,31-33H2,1-2H3/p+1/t46-,47-/m1/s1. The molecule has 0 bridgehead atoms. The van der Waals surface area contributed by atoms with Crippen LogP contribution in [0, 0.1) is 22.7 Å². The van der Waals surface area contributed by atoms with Crippen LogP contribution in [0.1, 0.15) is 72.2 Å². The van der Waals surface area contributed by atoms with Gasteiger partial charge in [-0.1, -0.05) is 36.4 Å². The van der Waals surface area contributed by atoms with Gasteiger partial charge in [0.1, 0.15) is 6.20 Å². The van der Waals surface area contributed by atoms with Crippen LogP contribution in [-0.4, -0.2) is 107 Å². The van der Waals surface area contributed by atoms with Gasteiger partial charge in [-0.25, -0.2) is 9.59 Å². The molecule has 0 spiro atoms. The first-order valence-electron chi connectivity index (χ1n) is 23.8. The van der Waals surface area contributed by atoms with E-state index in [1.165, 1.54) is 53.7 Å². The highest BCUT2D eigenvalue weighted by Crippen LogP contribution is 2.46. The lowest BCUT2D eigenvalue weighted by Crippen LogP contribution is -3.07. The van der Waals surface area contributed by atoms with Crippen LogP contribution < -0.4 is 14.7 Å². The van der Waals surface area contributed by atoms with E-state index in [-0.39, 0.29) is 72.8 Å². The average Bonchev–Trinajstić information content (AvgIpc) is 4.08. The number of rotatable bonds is 14. The minimum absolute atomic E-state index is 0.00897. The SMILES string of the molecule is CCN1CC2=C(C1=O)[C@@H](c1ccc(C#N)cc1)N(CCCN1C=C[NH+](CCCN3C(=O)N(c4cccc(C(F)(F)F)c4)C4=C(C(=O)N(CC)C4)[C@H]3c3ccc(C#N)cc3)C1)C(=O)N2c1cccc(C(F)(F)F)c1. The Kier molecular flexibility index (Phi) is 13.5. The van der Waals surface area contributed by atoms with Crippen molar-refractivity contribution >= 4 is 35.3 Å². The molecule has 5 heterocycles. The molecule has 20 heteroatoms. The second-order valence-electron chi connectivity index (χ2n) is 18.3. The molecule has 376 valence electrons. The Morgan fingerprint density at radius 1 is 0.603 bits per heavy atom. The minimum atomic E-state index is -4.69. The monoisotopic (exact) mass is 1000 g/mol. The number of nitrogens with zero attached hydrogens (tertiary/aromatic N) is 9. The first kappa shape index (κ1) is 49.9. The average molecular weight is 1000 g/mol. The smallest absolute Gasteiger partial charge is 0.333 e. The van der Waals surface area contributed by atoms with Crippen molar-refractivity contribution in [2.75, 3.05) is 68.8 Å². The predicted molar refractivity (Wildman–Crippen MR) is 254 cm³/mol. The highest BCUT2D eigenvalue weighted by atomic mass is 19.4. The molecule has 0 radical (unpaired) electrons. The number of carbonyl (C=O) groups excluding carboxylic acids is 4. The third-order valence-electron chi connectivity index (χ3n) is 13.9. The summed E-state index contributed by atoms with van der Waals surface area (Å²) in [5, 5.41) is 19.1. The number of urea groups is 2. The van der Waals surface area contributed by atoms with E-state index in [4.69, 9.17) is 0 Å². The number of nitriles is 2. The number of benzene rings is 4. The number of anilines is 2. The lowest BCUT2D eigenvalue weighted by Gasteiger charge is -2.42. The quantitative estimate of drug-likeness (QED) is 0.127. The van der Waals surface area contributed by atoms with Gasteiger partial charge in [-0.05, 0) is 92.1 Å². The van der Waals surface area contributed by atoms with Crippen molar-refractivity contribution < 1.29 is 50.4 Å². The molecule has 1 N–H and O–H groups in total. The van der Waals surface area contributed by atoms with Gasteiger partial charge < -0.3 is 24.5 Å². The molecule has 9 rings (SSSR count). The van der Waals surface area contributed by atoms with Crippen molar-refractivity contribution in [1.29, 1.82) is 10.5 Å². The van der Waals surface area contributed by atoms with Crippen LogP contribution in [0.3, 0.4) is 0 Å². The molecule has 14 nitrogen and oxygen atoms in total. The zero-order valence-electron chi connectivity index (χ0n) is 39.8. The lowest BCUT2D eigenvalue weighted by molar-refractivity contribution is -0.849. The van der Waals surface area contributed by atoms with Gasteiger partial charge in [-0.2, -0.15) is 36.9 Å². The van der Waals surface area contributed by atoms with Crippen molar-refractivity contribution in [2.45, 2.75) is 51.1 Å². The number of carbonyl (C=O) groups is 4. The van der Waals surface area contributed by atoms with E-state index in [2.05, 4.69) is 12.1 Å². The summed E-state index contributed by atoms with van der Waals surface area (Å²) in [4.78, 5) is 69.4. The van der Waals surface area contributed by atoms with Gasteiger partial charge in [0.2, 0.25) is 0 Å². The second kappa shape index (κ2) is 19.8. The molecule has 0 aromatic heterocycles. The first-order chi connectivity index (χ1) is 34.9. The molecule has 4 aromatic rings. The Hall–Kier alpha value is -8.10. The van der Waals surface area contributed by atoms with Crippen molar-refractivity contribution in [1.82, 2.24) is 24.5 Å². The summed E-state index contributed by atoms with van der Waals surface area (Å²) in [6.07, 6.45) is -4.77. The number of alkyl halides is 6. The highest BCUT2D eigenvalue weighted by molar-refractivity contribution is 6.08. The fraction of sp³-hybridized carbons (Fsp3) is 0.321. The summed E-state index contributed by atoms with van der Waals surface area (Å²) in [6, 6.07) is 23.1. The summed E-state index contributed by atoms with van der Waals surface area (Å²) in [5.74, 6) is -0.700. The molecule has 0 fully saturated rings. The molecule has 0 saturated carbocycles. The van der Waals surface area contributed by atoms with E-state index in [9.17, 15) is 56.0 Å². The van der Waals surface area contributed by atoms with Crippen LogP contribution in [0.2, 0.25) is 0 Å². The Balaban J connectivity index is 0.931. The van der Waals surface area contributed by atoms with E-state index >= 15 is 0 Å². The molecule has 1 unspecified atom stereocenters. The largest absolute Gasteiger partial charge is 0.416 e. The molecule has 73 heavy (non-hydrogen) atoms. The summed E-state index contributed by atoms with van der Waals surface area (Å²) >= 11 is 0. The van der Waals surface area contributed by atoms with Crippen molar-refractivity contribution in [3.05, 3.63) is 165 Å². The first-order valence-corrected chi connectivity index (χ1v) is 23.8. The number of quaternary nitrogens is 1. The molecule has 0 aliphatic carbocycles. The number of halogens is 6. The Morgan fingerprint density at radius 2 is 1.04 bits per heavy atom. The van der Waals surface area contributed by atoms with Gasteiger partial charge in [0.15, 0.2) is 6.67 Å². The van der Waals surface area contributed by atoms with Crippen molar-refractivity contribution in [3.63, 3.8) is 0 Å². The van der Waals surface area contributed by atoms with Gasteiger partial charge in [0.05, 0.1) is 106 Å². The molecular formula is C53H49F6N10O4+. The van der Waals surface area contributed by atoms with Crippen LogP contribution in [0.5, 0.6) is 0 Å². The van der Waals surface area contributed by atoms with Gasteiger partial charge in [-0.3, -0.25) is 24.3 Å². The maximum absolute atomic E-state index is 14.8. The molecule has 3 atom stereocenters. The Labute approximate surface area is 417 Å². The Morgan fingerprint density at radius 3 is 1.45 bits per heavy atom. The van der Waals surface area contributed by atoms with Gasteiger partial charge >= 0.3 is 24.4 Å². The minimum Gasteiger partial charge on any atom is -0.333 e. The number of amides is 6. The van der Waals surface area contributed by atoms with E-state index in [1.807, 2.05) is 17.3 Å². The number of likely N-dealkylation sites (N-methyl/N-ethyl adjacent to an activating group) is 2. The fourth-order valence-electron chi connectivity index (χ4n) is 10.3. The van der Waals surface area contributed by atoms with Gasteiger partial charge in [0, 0.05) is 39.1 Å². The maximum atomic E-state index is 14.8. The summed E-state index contributed by atoms with van der Waals surface area (Å²) in [6.45, 7) is 5.75. The second-order valence-corrected chi connectivity index (χ2v) is 18.3. The molecule has 6 amide bonds. The molecule has 0 saturated heterocycles. The lowest BCUT2D eigenvalue weighted by atomic mass is 9.92. The van der Waals surface area contributed by atoms with E-state index in [0.717, 1.165) is 29.2 Å². The topological polar surface area (TPSA) is 143 Å².